The molecule has 3 rings (SSSR count). The maximum atomic E-state index is 13.8. The van der Waals surface area contributed by atoms with Crippen molar-refractivity contribution in [3.63, 3.8) is 0 Å². The van der Waals surface area contributed by atoms with Gasteiger partial charge < -0.3 is 5.32 Å². The van der Waals surface area contributed by atoms with E-state index in [1.54, 1.807) is 42.7 Å². The number of nitrogens with one attached hydrogen (secondary N) is 2. The minimum absolute atomic E-state index is 0.275. The number of anilines is 1. The molecular formula is C15H11FN4O. The number of hydrogen-bond donors (Lipinski definition) is 2. The van der Waals surface area contributed by atoms with Gasteiger partial charge in [-0.05, 0) is 24.3 Å². The van der Waals surface area contributed by atoms with Crippen LogP contribution in [0.1, 0.15) is 10.4 Å². The summed E-state index contributed by atoms with van der Waals surface area (Å²) in [5, 5.41) is 9.22. The Bertz CT molecular complexity index is 770. The molecule has 0 fully saturated rings. The fourth-order valence-corrected chi connectivity index (χ4v) is 1.96. The van der Waals surface area contributed by atoms with E-state index in [0.717, 1.165) is 0 Å². The second-order valence-corrected chi connectivity index (χ2v) is 4.33. The highest BCUT2D eigenvalue weighted by Gasteiger charge is 2.17. The number of aromatic amines is 1. The number of halogens is 1. The largest absolute Gasteiger partial charge is 0.322 e. The third-order valence-corrected chi connectivity index (χ3v) is 2.97. The number of amides is 1. The van der Waals surface area contributed by atoms with E-state index in [1.165, 1.54) is 12.3 Å². The number of carbonyl (C=O) groups excluding carboxylic acids is 1. The molecule has 0 atom stereocenters. The molecule has 5 nitrogen and oxygen atoms in total. The van der Waals surface area contributed by atoms with Crippen molar-refractivity contribution in [1.29, 1.82) is 0 Å². The van der Waals surface area contributed by atoms with Gasteiger partial charge in [-0.2, -0.15) is 5.10 Å². The molecule has 3 aromatic rings. The topological polar surface area (TPSA) is 70.7 Å². The zero-order valence-electron chi connectivity index (χ0n) is 10.9. The summed E-state index contributed by atoms with van der Waals surface area (Å²) < 4.78 is 13.8. The molecule has 0 radical (unpaired) electrons. The Kier molecular flexibility index (Phi) is 3.42. The molecule has 1 amide bonds. The van der Waals surface area contributed by atoms with Crippen LogP contribution >= 0.6 is 0 Å². The molecule has 21 heavy (non-hydrogen) atoms. The van der Waals surface area contributed by atoms with Crippen molar-refractivity contribution in [2.24, 2.45) is 0 Å². The van der Waals surface area contributed by atoms with E-state index in [0.29, 0.717) is 16.9 Å². The molecule has 0 saturated carbocycles. The van der Waals surface area contributed by atoms with Gasteiger partial charge in [0.25, 0.3) is 5.91 Å². The van der Waals surface area contributed by atoms with Crippen molar-refractivity contribution < 1.29 is 9.18 Å². The van der Waals surface area contributed by atoms with Crippen LogP contribution in [0.2, 0.25) is 0 Å². The van der Waals surface area contributed by atoms with E-state index in [1.807, 2.05) is 0 Å². The first-order valence-corrected chi connectivity index (χ1v) is 6.25. The molecule has 2 aromatic heterocycles. The molecule has 2 N–H and O–H groups in total. The third-order valence-electron chi connectivity index (χ3n) is 2.97. The average molecular weight is 282 g/mol. The Labute approximate surface area is 119 Å². The van der Waals surface area contributed by atoms with Crippen LogP contribution in [0.4, 0.5) is 10.1 Å². The number of benzene rings is 1. The van der Waals surface area contributed by atoms with E-state index in [9.17, 15) is 9.18 Å². The highest BCUT2D eigenvalue weighted by Crippen LogP contribution is 2.24. The van der Waals surface area contributed by atoms with Crippen LogP contribution in [0, 0.1) is 5.82 Å². The number of aromatic nitrogens is 3. The highest BCUT2D eigenvalue weighted by atomic mass is 19.1. The lowest BCUT2D eigenvalue weighted by atomic mass is 10.1. The predicted octanol–water partition coefficient (Wildman–Crippen LogP) is 2.86. The predicted molar refractivity (Wildman–Crippen MR) is 76.2 cm³/mol. The molecule has 1 aromatic carbocycles. The summed E-state index contributed by atoms with van der Waals surface area (Å²) in [5.41, 5.74) is 1.53. The minimum Gasteiger partial charge on any atom is -0.322 e. The summed E-state index contributed by atoms with van der Waals surface area (Å²) in [7, 11) is 0. The lowest BCUT2D eigenvalue weighted by Gasteiger charge is -2.06. The maximum absolute atomic E-state index is 13.8. The molecule has 0 unspecified atom stereocenters. The van der Waals surface area contributed by atoms with Crippen molar-refractivity contribution >= 4 is 11.6 Å². The fraction of sp³-hybridized carbons (Fsp3) is 0. The van der Waals surface area contributed by atoms with Crippen molar-refractivity contribution in [3.8, 4) is 11.3 Å². The van der Waals surface area contributed by atoms with Gasteiger partial charge in [-0.25, -0.2) is 4.39 Å². The number of carbonyl (C=O) groups is 1. The number of H-pyrrole nitrogens is 1. The standard InChI is InChI=1S/C15H11FN4O/c16-13-4-2-1-3-11(13)14-12(9-18-20-14)15(21)19-10-5-7-17-8-6-10/h1-9H,(H,18,20)(H,17,19,21). The Morgan fingerprint density at radius 1 is 1.14 bits per heavy atom. The van der Waals surface area contributed by atoms with Crippen molar-refractivity contribution in [2.45, 2.75) is 0 Å². The monoisotopic (exact) mass is 282 g/mol. The molecule has 0 aliphatic rings. The molecule has 104 valence electrons. The van der Waals surface area contributed by atoms with E-state index in [-0.39, 0.29) is 11.5 Å². The van der Waals surface area contributed by atoms with Gasteiger partial charge in [0.1, 0.15) is 5.82 Å². The first-order valence-electron chi connectivity index (χ1n) is 6.25. The fourth-order valence-electron chi connectivity index (χ4n) is 1.96. The van der Waals surface area contributed by atoms with Gasteiger partial charge in [-0.1, -0.05) is 12.1 Å². The molecular weight excluding hydrogens is 271 g/mol. The van der Waals surface area contributed by atoms with Gasteiger partial charge in [0.05, 0.1) is 17.5 Å². The molecule has 0 aliphatic carbocycles. The van der Waals surface area contributed by atoms with Crippen LogP contribution in [0.5, 0.6) is 0 Å². The van der Waals surface area contributed by atoms with E-state index in [4.69, 9.17) is 0 Å². The first-order chi connectivity index (χ1) is 10.3. The van der Waals surface area contributed by atoms with Crippen molar-refractivity contribution in [2.75, 3.05) is 5.32 Å². The average Bonchev–Trinajstić information content (AvgIpc) is 2.98. The summed E-state index contributed by atoms with van der Waals surface area (Å²) >= 11 is 0. The molecule has 6 heteroatoms. The third kappa shape index (κ3) is 2.64. The minimum atomic E-state index is -0.417. The molecule has 0 saturated heterocycles. The van der Waals surface area contributed by atoms with Crippen molar-refractivity contribution in [3.05, 3.63) is 66.4 Å². The van der Waals surface area contributed by atoms with E-state index >= 15 is 0 Å². The van der Waals surface area contributed by atoms with Crippen molar-refractivity contribution in [1.82, 2.24) is 15.2 Å². The number of pyridine rings is 1. The van der Waals surface area contributed by atoms with Crippen LogP contribution in [0.25, 0.3) is 11.3 Å². The second kappa shape index (κ2) is 5.54. The van der Waals surface area contributed by atoms with Crippen LogP contribution in [0.15, 0.2) is 55.0 Å². The molecule has 2 heterocycles. The summed E-state index contributed by atoms with van der Waals surface area (Å²) in [6.45, 7) is 0. The van der Waals surface area contributed by atoms with Gasteiger partial charge in [0.2, 0.25) is 0 Å². The number of rotatable bonds is 3. The quantitative estimate of drug-likeness (QED) is 0.776. The molecule has 0 spiro atoms. The molecule has 0 bridgehead atoms. The lowest BCUT2D eigenvalue weighted by molar-refractivity contribution is 0.102. The normalized spacial score (nSPS) is 10.3. The molecule has 0 aliphatic heterocycles. The second-order valence-electron chi connectivity index (χ2n) is 4.33. The van der Waals surface area contributed by atoms with Gasteiger partial charge >= 0.3 is 0 Å². The summed E-state index contributed by atoms with van der Waals surface area (Å²) in [6.07, 6.45) is 4.52. The smallest absolute Gasteiger partial charge is 0.259 e. The van der Waals surface area contributed by atoms with Crippen LogP contribution in [0.3, 0.4) is 0 Å². The highest BCUT2D eigenvalue weighted by molar-refractivity contribution is 6.07. The summed E-state index contributed by atoms with van der Waals surface area (Å²) in [4.78, 5) is 16.1. The van der Waals surface area contributed by atoms with Crippen LogP contribution in [-0.4, -0.2) is 21.1 Å². The van der Waals surface area contributed by atoms with Gasteiger partial charge in [-0.15, -0.1) is 0 Å². The Morgan fingerprint density at radius 3 is 2.67 bits per heavy atom. The van der Waals surface area contributed by atoms with Gasteiger partial charge in [0, 0.05) is 23.6 Å². The summed E-state index contributed by atoms with van der Waals surface area (Å²) in [6, 6.07) is 9.55. The Balaban J connectivity index is 1.93. The van der Waals surface area contributed by atoms with Crippen LogP contribution < -0.4 is 5.32 Å². The van der Waals surface area contributed by atoms with E-state index < -0.39 is 5.82 Å². The lowest BCUT2D eigenvalue weighted by Crippen LogP contribution is -2.12. The zero-order chi connectivity index (χ0) is 14.7. The van der Waals surface area contributed by atoms with Crippen LogP contribution in [-0.2, 0) is 0 Å². The Hall–Kier alpha value is -3.02. The summed E-state index contributed by atoms with van der Waals surface area (Å²) in [5.74, 6) is -0.784. The zero-order valence-corrected chi connectivity index (χ0v) is 10.9. The van der Waals surface area contributed by atoms with E-state index in [2.05, 4.69) is 20.5 Å². The maximum Gasteiger partial charge on any atom is 0.259 e. The number of hydrogen-bond acceptors (Lipinski definition) is 3. The number of nitrogens with zero attached hydrogens (tertiary/aromatic N) is 2. The van der Waals surface area contributed by atoms with Gasteiger partial charge in [0.15, 0.2) is 0 Å². The van der Waals surface area contributed by atoms with Gasteiger partial charge in [-0.3, -0.25) is 14.9 Å². The SMILES string of the molecule is O=C(Nc1ccncc1)c1cn[nH]c1-c1ccccc1F. The Morgan fingerprint density at radius 2 is 1.90 bits per heavy atom. The first kappa shape index (κ1) is 13.0.